The van der Waals surface area contributed by atoms with Crippen LogP contribution < -0.4 is 0 Å². The van der Waals surface area contributed by atoms with E-state index in [2.05, 4.69) is 47.2 Å². The van der Waals surface area contributed by atoms with E-state index in [4.69, 9.17) is 9.47 Å². The molecule has 0 N–H and O–H groups in total. The Kier molecular flexibility index (Phi) is 13.1. The zero-order valence-corrected chi connectivity index (χ0v) is 27.9. The zero-order chi connectivity index (χ0) is 33.1. The molecule has 2 aliphatic carbocycles. The Bertz CT molecular complexity index is 1380. The van der Waals surface area contributed by atoms with E-state index in [1.807, 2.05) is 12.1 Å². The second-order valence-electron chi connectivity index (χ2n) is 12.0. The van der Waals surface area contributed by atoms with Crippen LogP contribution in [0.1, 0.15) is 77.0 Å². The van der Waals surface area contributed by atoms with E-state index in [0.717, 1.165) is 63.3 Å². The van der Waals surface area contributed by atoms with Gasteiger partial charge in [0.1, 0.15) is 35.4 Å². The lowest BCUT2D eigenvalue weighted by Gasteiger charge is -2.30. The van der Waals surface area contributed by atoms with Crippen molar-refractivity contribution in [3.63, 3.8) is 0 Å². The predicted octanol–water partition coefficient (Wildman–Crippen LogP) is 5.20. The van der Waals surface area contributed by atoms with Crippen LogP contribution >= 0.6 is 25.3 Å². The van der Waals surface area contributed by atoms with Gasteiger partial charge in [0, 0.05) is 60.9 Å². The topological polar surface area (TPSA) is 154 Å². The van der Waals surface area contributed by atoms with Crippen molar-refractivity contribution in [1.82, 2.24) is 9.80 Å². The van der Waals surface area contributed by atoms with Crippen molar-refractivity contribution in [3.8, 4) is 24.3 Å². The monoisotopic (exact) mass is 660 g/mol. The Hall–Kier alpha value is -3.84. The average Bonchev–Trinajstić information content (AvgIpc) is 3.78. The Morgan fingerprint density at radius 2 is 1.00 bits per heavy atom. The van der Waals surface area contributed by atoms with Gasteiger partial charge in [0.05, 0.1) is 24.4 Å². The molecule has 0 saturated carbocycles. The highest BCUT2D eigenvalue weighted by molar-refractivity contribution is 7.81. The van der Waals surface area contributed by atoms with Crippen molar-refractivity contribution in [1.29, 1.82) is 21.0 Å². The fourth-order valence-corrected chi connectivity index (χ4v) is 7.30. The molecule has 0 bridgehead atoms. The van der Waals surface area contributed by atoms with Gasteiger partial charge in [-0.2, -0.15) is 46.3 Å². The molecule has 242 valence electrons. The van der Waals surface area contributed by atoms with E-state index in [1.54, 1.807) is 0 Å². The van der Waals surface area contributed by atoms with E-state index in [9.17, 15) is 30.6 Å². The van der Waals surface area contributed by atoms with Gasteiger partial charge in [-0.25, -0.2) is 9.59 Å². The van der Waals surface area contributed by atoms with Crippen molar-refractivity contribution in [2.75, 3.05) is 39.4 Å². The van der Waals surface area contributed by atoms with E-state index in [1.165, 1.54) is 0 Å². The van der Waals surface area contributed by atoms with Gasteiger partial charge in [0.2, 0.25) is 0 Å². The number of rotatable bonds is 11. The largest absolute Gasteiger partial charge is 0.462 e. The lowest BCUT2D eigenvalue weighted by Crippen LogP contribution is -2.27. The molecular weight excluding hydrogens is 621 g/mol. The molecule has 0 radical (unpaired) electrons. The van der Waals surface area contributed by atoms with Gasteiger partial charge in [-0.3, -0.25) is 0 Å². The van der Waals surface area contributed by atoms with Gasteiger partial charge in [-0.15, -0.1) is 0 Å². The average molecular weight is 661 g/mol. The summed E-state index contributed by atoms with van der Waals surface area (Å²) in [7, 11) is 0. The van der Waals surface area contributed by atoms with Crippen LogP contribution in [0.25, 0.3) is 0 Å². The van der Waals surface area contributed by atoms with Gasteiger partial charge in [-0.1, -0.05) is 0 Å². The third kappa shape index (κ3) is 8.49. The van der Waals surface area contributed by atoms with Crippen LogP contribution in [0, 0.1) is 45.3 Å². The molecule has 2 heterocycles. The maximum Gasteiger partial charge on any atom is 0.349 e. The minimum atomic E-state index is -0.732. The number of nitrogens with zero attached hydrogens (tertiary/aromatic N) is 6. The summed E-state index contributed by atoms with van der Waals surface area (Å²) in [6.45, 7) is 3.65. The Labute approximate surface area is 282 Å². The number of carbonyl (C=O) groups is 2. The molecule has 2 aliphatic heterocycles. The minimum Gasteiger partial charge on any atom is -0.462 e. The molecule has 0 aromatic carbocycles. The number of nitriles is 4. The predicted molar refractivity (Wildman–Crippen MR) is 177 cm³/mol. The van der Waals surface area contributed by atoms with Crippen LogP contribution in [0.4, 0.5) is 0 Å². The molecule has 12 heteroatoms. The second kappa shape index (κ2) is 17.2. The molecule has 46 heavy (non-hydrogen) atoms. The maximum atomic E-state index is 12.9. The summed E-state index contributed by atoms with van der Waals surface area (Å²) in [4.78, 5) is 30.1. The van der Waals surface area contributed by atoms with Crippen LogP contribution in [0.5, 0.6) is 0 Å². The number of carbonyl (C=O) groups excluding carboxylic acids is 2. The summed E-state index contributed by atoms with van der Waals surface area (Å²) < 4.78 is 10.8. The summed E-state index contributed by atoms with van der Waals surface area (Å²) in [5.41, 5.74) is 3.07. The van der Waals surface area contributed by atoms with Crippen LogP contribution in [0.3, 0.4) is 0 Å². The number of hydrogen-bond donors (Lipinski definition) is 2. The van der Waals surface area contributed by atoms with E-state index < -0.39 is 11.9 Å². The number of hydrogen-bond acceptors (Lipinski definition) is 12. The summed E-state index contributed by atoms with van der Waals surface area (Å²) in [6, 6.07) is 8.42. The van der Waals surface area contributed by atoms with Crippen molar-refractivity contribution < 1.29 is 19.1 Å². The normalized spacial score (nSPS) is 23.7. The van der Waals surface area contributed by atoms with Crippen LogP contribution in [0.2, 0.25) is 0 Å². The number of esters is 2. The maximum absolute atomic E-state index is 12.9. The van der Waals surface area contributed by atoms with Gasteiger partial charge < -0.3 is 19.3 Å². The van der Waals surface area contributed by atoms with E-state index >= 15 is 0 Å². The molecule has 0 spiro atoms. The van der Waals surface area contributed by atoms with Crippen LogP contribution in [-0.4, -0.2) is 71.6 Å². The molecule has 0 aromatic rings. The third-order valence-corrected chi connectivity index (χ3v) is 9.59. The fraction of sp³-hybridized carbons (Fsp3) is 0.588. The Balaban J connectivity index is 1.26. The van der Waals surface area contributed by atoms with Gasteiger partial charge in [-0.05, 0) is 75.4 Å². The molecule has 2 atom stereocenters. The number of ether oxygens (including phenoxy) is 2. The number of allylic oxidation sites excluding steroid dienone is 6. The molecule has 2 unspecified atom stereocenters. The standard InChI is InChI=1S/C34H40N6O4S2/c35-19-27-25(15-23(45)17-31(27)39-9-3-4-10-39)29(21-37)33(41)43-13-7-1-2-8-14-44-34(42)30(22-38)26-16-24(46)18-32(28(26)20-36)40-11-5-6-12-40/h23-24,45-46H,1-18H2/b29-25+,30-26+. The van der Waals surface area contributed by atoms with Gasteiger partial charge in [0.15, 0.2) is 0 Å². The minimum absolute atomic E-state index is 0.0896. The Morgan fingerprint density at radius 1 is 0.630 bits per heavy atom. The number of unbranched alkanes of at least 4 members (excludes halogenated alkanes) is 3. The van der Waals surface area contributed by atoms with Crippen molar-refractivity contribution >= 4 is 37.2 Å². The highest BCUT2D eigenvalue weighted by atomic mass is 32.1. The van der Waals surface area contributed by atoms with Crippen molar-refractivity contribution in [2.24, 2.45) is 0 Å². The highest BCUT2D eigenvalue weighted by Crippen LogP contribution is 2.38. The van der Waals surface area contributed by atoms with Gasteiger partial charge >= 0.3 is 11.9 Å². The first-order valence-electron chi connectivity index (χ1n) is 16.1. The number of thiol groups is 2. The Morgan fingerprint density at radius 3 is 1.33 bits per heavy atom. The van der Waals surface area contributed by atoms with Crippen LogP contribution in [-0.2, 0) is 19.1 Å². The first-order chi connectivity index (χ1) is 22.3. The molecular formula is C34H40N6O4S2. The summed E-state index contributed by atoms with van der Waals surface area (Å²) in [5, 5.41) is 39.3. The molecule has 2 fully saturated rings. The smallest absolute Gasteiger partial charge is 0.349 e. The molecule has 10 nitrogen and oxygen atoms in total. The molecule has 4 rings (SSSR count). The summed E-state index contributed by atoms with van der Waals surface area (Å²) in [6.07, 6.45) is 8.63. The zero-order valence-electron chi connectivity index (χ0n) is 26.1. The highest BCUT2D eigenvalue weighted by Gasteiger charge is 2.33. The van der Waals surface area contributed by atoms with E-state index in [-0.39, 0.29) is 34.9 Å². The third-order valence-electron chi connectivity index (χ3n) is 8.86. The van der Waals surface area contributed by atoms with Crippen molar-refractivity contribution in [2.45, 2.75) is 87.5 Å². The lowest BCUT2D eigenvalue weighted by atomic mass is 9.87. The fourth-order valence-electron chi connectivity index (χ4n) is 6.59. The SMILES string of the molecule is N#CC1=C(N2CCCC2)CC(S)C/C1=C(/C#N)C(=O)OCCCCCCOC(=O)/C(C#N)=C1\CC(S)CC(N2CCCC2)=C1C#N. The molecule has 0 aromatic heterocycles. The first kappa shape index (κ1) is 35.0. The molecule has 2 saturated heterocycles. The molecule has 4 aliphatic rings. The molecule has 0 amide bonds. The van der Waals surface area contributed by atoms with Gasteiger partial charge in [0.25, 0.3) is 0 Å². The quantitative estimate of drug-likeness (QED) is 0.0993. The van der Waals surface area contributed by atoms with Crippen LogP contribution in [0.15, 0.2) is 44.8 Å². The number of likely N-dealkylation sites (tertiary alicyclic amines) is 2. The van der Waals surface area contributed by atoms with E-state index in [0.29, 0.717) is 73.7 Å². The first-order valence-corrected chi connectivity index (χ1v) is 17.1. The summed E-state index contributed by atoms with van der Waals surface area (Å²) in [5.74, 6) is -1.46. The second-order valence-corrected chi connectivity index (χ2v) is 13.5. The van der Waals surface area contributed by atoms with Crippen molar-refractivity contribution in [3.05, 3.63) is 44.8 Å². The lowest BCUT2D eigenvalue weighted by molar-refractivity contribution is -0.139. The summed E-state index contributed by atoms with van der Waals surface area (Å²) >= 11 is 9.27.